The first kappa shape index (κ1) is 24.3. The normalized spacial score (nSPS) is 17.0. The number of piperazine rings is 1. The van der Waals surface area contributed by atoms with Crippen LogP contribution in [0.4, 0.5) is 21.1 Å². The van der Waals surface area contributed by atoms with Crippen molar-refractivity contribution in [2.24, 2.45) is 7.05 Å². The molecule has 0 radical (unpaired) electrons. The van der Waals surface area contributed by atoms with Gasteiger partial charge in [-0.2, -0.15) is 5.10 Å². The van der Waals surface area contributed by atoms with Crippen molar-refractivity contribution >= 4 is 40.4 Å². The molecule has 4 amide bonds. The van der Waals surface area contributed by atoms with Gasteiger partial charge >= 0.3 is 12.1 Å². The monoisotopic (exact) mass is 458 g/mol. The molecule has 2 saturated heterocycles. The summed E-state index contributed by atoms with van der Waals surface area (Å²) in [6.45, 7) is 12.5. The molecule has 3 heterocycles. The number of aromatic nitrogens is 2. The highest BCUT2D eigenvalue weighted by Crippen LogP contribution is 2.30. The Morgan fingerprint density at radius 1 is 1.06 bits per heavy atom. The second-order valence-electron chi connectivity index (χ2n) is 8.86. The summed E-state index contributed by atoms with van der Waals surface area (Å²) in [6, 6.07) is 5.56. The summed E-state index contributed by atoms with van der Waals surface area (Å²) in [5.41, 5.74) is 1.42. The molecule has 33 heavy (non-hydrogen) atoms. The fraction of sp³-hybridized carbons (Fsp3) is 0.565. The van der Waals surface area contributed by atoms with E-state index in [1.165, 1.54) is 4.90 Å². The van der Waals surface area contributed by atoms with Crippen molar-refractivity contribution in [3.05, 3.63) is 18.2 Å². The number of hydrogen-bond acceptors (Lipinski definition) is 6. The topological polar surface area (TPSA) is 100 Å². The van der Waals surface area contributed by atoms with Gasteiger partial charge in [0.15, 0.2) is 5.82 Å². The van der Waals surface area contributed by atoms with Crippen molar-refractivity contribution in [3.8, 4) is 0 Å². The Labute approximate surface area is 194 Å². The van der Waals surface area contributed by atoms with Crippen molar-refractivity contribution in [3.63, 3.8) is 0 Å². The van der Waals surface area contributed by atoms with Crippen LogP contribution in [0, 0.1) is 0 Å². The molecule has 0 bridgehead atoms. The van der Waals surface area contributed by atoms with Crippen molar-refractivity contribution in [1.29, 1.82) is 0 Å². The number of ether oxygens (including phenoxy) is 1. The second-order valence-corrected chi connectivity index (χ2v) is 8.86. The van der Waals surface area contributed by atoms with Gasteiger partial charge in [0.2, 0.25) is 5.91 Å². The van der Waals surface area contributed by atoms with E-state index in [0.29, 0.717) is 38.5 Å². The lowest BCUT2D eigenvalue weighted by atomic mass is 10.1. The standard InChI is InChI=1S/C21H28N6O4.C2H6/c1-21(2,3)31-20(30)26-11-9-25(10-12-26)14-5-6-15-16(13-14)24(4)23-18(15)27-8-7-17(28)22-19(27)29;1-2/h5-6,13H,7-12H2,1-4H3,(H,22,28,29);1-2H3. The van der Waals surface area contributed by atoms with E-state index < -0.39 is 11.6 Å². The Balaban J connectivity index is 0.00000149. The third-order valence-corrected chi connectivity index (χ3v) is 5.42. The first-order valence-electron chi connectivity index (χ1n) is 11.4. The van der Waals surface area contributed by atoms with Crippen LogP contribution in [0.1, 0.15) is 41.0 Å². The van der Waals surface area contributed by atoms with Gasteiger partial charge in [-0.15, -0.1) is 0 Å². The predicted octanol–water partition coefficient (Wildman–Crippen LogP) is 3.10. The number of urea groups is 1. The van der Waals surface area contributed by atoms with E-state index in [0.717, 1.165) is 16.6 Å². The zero-order valence-electron chi connectivity index (χ0n) is 20.3. The molecule has 4 rings (SSSR count). The fourth-order valence-electron chi connectivity index (χ4n) is 3.86. The number of nitrogens with one attached hydrogen (secondary N) is 1. The molecular formula is C23H34N6O4. The number of benzene rings is 1. The van der Waals surface area contributed by atoms with Gasteiger partial charge in [-0.3, -0.25) is 19.7 Å². The van der Waals surface area contributed by atoms with Crippen LogP contribution in [0.25, 0.3) is 10.9 Å². The third-order valence-electron chi connectivity index (χ3n) is 5.42. The van der Waals surface area contributed by atoms with Crippen molar-refractivity contribution in [1.82, 2.24) is 20.0 Å². The zero-order chi connectivity index (χ0) is 24.3. The molecule has 1 N–H and O–H groups in total. The fourth-order valence-corrected chi connectivity index (χ4v) is 3.86. The maximum absolute atomic E-state index is 12.3. The number of carbonyl (C=O) groups excluding carboxylic acids is 3. The molecule has 10 nitrogen and oxygen atoms in total. The molecule has 0 saturated carbocycles. The van der Waals surface area contributed by atoms with Crippen LogP contribution in [0.2, 0.25) is 0 Å². The summed E-state index contributed by atoms with van der Waals surface area (Å²) >= 11 is 0. The lowest BCUT2D eigenvalue weighted by molar-refractivity contribution is -0.120. The van der Waals surface area contributed by atoms with Crippen LogP contribution in [0.3, 0.4) is 0 Å². The molecule has 1 aromatic carbocycles. The minimum absolute atomic E-state index is 0.254. The molecule has 10 heteroatoms. The summed E-state index contributed by atoms with van der Waals surface area (Å²) in [5, 5.41) is 7.72. The van der Waals surface area contributed by atoms with E-state index in [1.807, 2.05) is 59.9 Å². The lowest BCUT2D eigenvalue weighted by Gasteiger charge is -2.36. The Hall–Kier alpha value is -3.30. The number of hydrogen-bond donors (Lipinski definition) is 1. The van der Waals surface area contributed by atoms with Gasteiger partial charge in [0.05, 0.1) is 5.52 Å². The van der Waals surface area contributed by atoms with Crippen LogP contribution in [0.5, 0.6) is 0 Å². The average Bonchev–Trinajstić information content (AvgIpc) is 3.10. The number of amides is 4. The molecule has 2 aromatic rings. The van der Waals surface area contributed by atoms with E-state index in [1.54, 1.807) is 9.58 Å². The highest BCUT2D eigenvalue weighted by atomic mass is 16.6. The third kappa shape index (κ3) is 5.37. The van der Waals surface area contributed by atoms with Crippen molar-refractivity contribution < 1.29 is 19.1 Å². The molecule has 0 aliphatic carbocycles. The molecule has 2 aliphatic heterocycles. The number of fused-ring (bicyclic) bond motifs is 1. The summed E-state index contributed by atoms with van der Waals surface area (Å²) in [4.78, 5) is 41.4. The molecular weight excluding hydrogens is 424 g/mol. The Morgan fingerprint density at radius 2 is 1.73 bits per heavy atom. The first-order chi connectivity index (χ1) is 15.6. The molecule has 2 aliphatic rings. The number of carbonyl (C=O) groups is 3. The molecule has 0 unspecified atom stereocenters. The molecule has 2 fully saturated rings. The van der Waals surface area contributed by atoms with Gasteiger partial charge in [0.25, 0.3) is 0 Å². The van der Waals surface area contributed by atoms with Crippen molar-refractivity contribution in [2.75, 3.05) is 42.5 Å². The second kappa shape index (κ2) is 9.68. The quantitative estimate of drug-likeness (QED) is 0.742. The Morgan fingerprint density at radius 3 is 2.33 bits per heavy atom. The number of aryl methyl sites for hydroxylation is 1. The highest BCUT2D eigenvalue weighted by molar-refractivity contribution is 6.09. The Kier molecular flexibility index (Phi) is 7.14. The van der Waals surface area contributed by atoms with Gasteiger partial charge in [-0.1, -0.05) is 13.8 Å². The lowest BCUT2D eigenvalue weighted by Crippen LogP contribution is -2.50. The van der Waals surface area contributed by atoms with Crippen LogP contribution >= 0.6 is 0 Å². The number of imide groups is 1. The van der Waals surface area contributed by atoms with Gasteiger partial charge in [-0.05, 0) is 39.0 Å². The van der Waals surface area contributed by atoms with Crippen LogP contribution < -0.4 is 15.1 Å². The van der Waals surface area contributed by atoms with E-state index in [4.69, 9.17) is 4.74 Å². The van der Waals surface area contributed by atoms with Crippen LogP contribution in [0.15, 0.2) is 18.2 Å². The molecule has 0 atom stereocenters. The summed E-state index contributed by atoms with van der Waals surface area (Å²) in [7, 11) is 1.84. The summed E-state index contributed by atoms with van der Waals surface area (Å²) < 4.78 is 7.21. The van der Waals surface area contributed by atoms with Crippen molar-refractivity contribution in [2.45, 2.75) is 46.6 Å². The van der Waals surface area contributed by atoms with E-state index in [9.17, 15) is 14.4 Å². The van der Waals surface area contributed by atoms with E-state index in [-0.39, 0.29) is 18.4 Å². The van der Waals surface area contributed by atoms with Gasteiger partial charge in [-0.25, -0.2) is 9.59 Å². The molecule has 180 valence electrons. The minimum Gasteiger partial charge on any atom is -0.444 e. The van der Waals surface area contributed by atoms with Crippen LogP contribution in [-0.2, 0) is 16.6 Å². The van der Waals surface area contributed by atoms with E-state index in [2.05, 4.69) is 15.3 Å². The average molecular weight is 459 g/mol. The van der Waals surface area contributed by atoms with Gasteiger partial charge < -0.3 is 14.5 Å². The highest BCUT2D eigenvalue weighted by Gasteiger charge is 2.29. The maximum Gasteiger partial charge on any atom is 0.410 e. The van der Waals surface area contributed by atoms with Crippen LogP contribution in [-0.4, -0.2) is 71.0 Å². The predicted molar refractivity (Wildman–Crippen MR) is 128 cm³/mol. The maximum atomic E-state index is 12.3. The Bertz CT molecular complexity index is 1030. The largest absolute Gasteiger partial charge is 0.444 e. The SMILES string of the molecule is CC.Cn1nc(N2CCC(=O)NC2=O)c2ccc(N3CCN(C(=O)OC(C)(C)C)CC3)cc21. The first-order valence-corrected chi connectivity index (χ1v) is 11.4. The molecule has 0 spiro atoms. The van der Waals surface area contributed by atoms with Gasteiger partial charge in [0.1, 0.15) is 5.60 Å². The smallest absolute Gasteiger partial charge is 0.410 e. The summed E-state index contributed by atoms with van der Waals surface area (Å²) in [5.74, 6) is 0.276. The van der Waals surface area contributed by atoms with E-state index >= 15 is 0 Å². The number of anilines is 2. The zero-order valence-corrected chi connectivity index (χ0v) is 20.3. The number of nitrogens with zero attached hydrogens (tertiary/aromatic N) is 5. The molecule has 1 aromatic heterocycles. The summed E-state index contributed by atoms with van der Waals surface area (Å²) in [6.07, 6.45) is -0.0266. The van der Waals surface area contributed by atoms with Gasteiger partial charge in [0, 0.05) is 57.3 Å². The minimum atomic E-state index is -0.505. The number of rotatable bonds is 2.